The highest BCUT2D eigenvalue weighted by atomic mass is 35.5. The van der Waals surface area contributed by atoms with Gasteiger partial charge in [0.25, 0.3) is 0 Å². The van der Waals surface area contributed by atoms with Gasteiger partial charge in [-0.05, 0) is 25.1 Å². The number of hydrogen-bond donors (Lipinski definition) is 1. The van der Waals surface area contributed by atoms with Crippen LogP contribution in [0.2, 0.25) is 5.02 Å². The zero-order valence-electron chi connectivity index (χ0n) is 12.9. The second-order valence-corrected chi connectivity index (χ2v) is 7.38. The van der Waals surface area contributed by atoms with Crippen LogP contribution in [0.25, 0.3) is 0 Å². The Labute approximate surface area is 144 Å². The van der Waals surface area contributed by atoms with Crippen LogP contribution in [0.5, 0.6) is 0 Å². The molecule has 1 N–H and O–H groups in total. The first kappa shape index (κ1) is 18.5. The minimum atomic E-state index is -3.86. The number of amides is 1. The van der Waals surface area contributed by atoms with Crippen LogP contribution in [0.15, 0.2) is 23.1 Å². The van der Waals surface area contributed by atoms with E-state index in [4.69, 9.17) is 21.4 Å². The predicted octanol–water partition coefficient (Wildman–Crippen LogP) is 1.50. The molecule has 0 aromatic heterocycles. The summed E-state index contributed by atoms with van der Waals surface area (Å²) < 4.78 is 31.3. The first-order valence-electron chi connectivity index (χ1n) is 7.22. The second kappa shape index (κ2) is 7.37. The van der Waals surface area contributed by atoms with Crippen molar-refractivity contribution in [3.63, 3.8) is 0 Å². The van der Waals surface area contributed by atoms with Gasteiger partial charge in [0.15, 0.2) is 0 Å². The second-order valence-electron chi connectivity index (χ2n) is 5.04. The largest absolute Gasteiger partial charge is 0.478 e. The molecule has 2 rings (SSSR count). The SMILES string of the molecule is CCOC(=O)N1CCN(S(=O)(=O)c2ccc(Cl)c(C(=O)O)c2)CC1. The number of aromatic carboxylic acids is 1. The van der Waals surface area contributed by atoms with E-state index < -0.39 is 22.1 Å². The summed E-state index contributed by atoms with van der Waals surface area (Å²) in [5.74, 6) is -1.30. The Morgan fingerprint density at radius 1 is 1.25 bits per heavy atom. The van der Waals surface area contributed by atoms with Gasteiger partial charge in [-0.15, -0.1) is 0 Å². The third kappa shape index (κ3) is 3.80. The molecular formula is C14H17ClN2O6S. The van der Waals surface area contributed by atoms with Crippen molar-refractivity contribution in [3.8, 4) is 0 Å². The number of carbonyl (C=O) groups excluding carboxylic acids is 1. The minimum Gasteiger partial charge on any atom is -0.478 e. The van der Waals surface area contributed by atoms with Crippen LogP contribution in [-0.2, 0) is 14.8 Å². The number of piperazine rings is 1. The number of carboxylic acid groups (broad SMARTS) is 1. The number of hydrogen-bond acceptors (Lipinski definition) is 5. The summed E-state index contributed by atoms with van der Waals surface area (Å²) in [6.07, 6.45) is -0.478. The van der Waals surface area contributed by atoms with E-state index in [0.29, 0.717) is 0 Å². The Bertz CT molecular complexity index is 744. The van der Waals surface area contributed by atoms with E-state index in [-0.39, 0.29) is 48.3 Å². The van der Waals surface area contributed by atoms with Crippen LogP contribution in [0.4, 0.5) is 4.79 Å². The quantitative estimate of drug-likeness (QED) is 0.853. The Morgan fingerprint density at radius 3 is 2.42 bits per heavy atom. The van der Waals surface area contributed by atoms with E-state index in [0.717, 1.165) is 6.07 Å². The zero-order valence-corrected chi connectivity index (χ0v) is 14.5. The normalized spacial score (nSPS) is 16.0. The van der Waals surface area contributed by atoms with Crippen molar-refractivity contribution in [2.75, 3.05) is 32.8 Å². The third-order valence-corrected chi connectivity index (χ3v) is 5.79. The van der Waals surface area contributed by atoms with Crippen LogP contribution in [-0.4, -0.2) is 67.6 Å². The summed E-state index contributed by atoms with van der Waals surface area (Å²) in [5, 5.41) is 9.03. The summed E-state index contributed by atoms with van der Waals surface area (Å²) >= 11 is 5.76. The molecule has 0 radical (unpaired) electrons. The van der Waals surface area contributed by atoms with Crippen molar-refractivity contribution in [1.82, 2.24) is 9.21 Å². The maximum atomic E-state index is 12.6. The number of nitrogens with zero attached hydrogens (tertiary/aromatic N) is 2. The summed E-state index contributed by atoms with van der Waals surface area (Å²) in [6, 6.07) is 3.55. The third-order valence-electron chi connectivity index (χ3n) is 3.57. The molecule has 1 aliphatic rings. The van der Waals surface area contributed by atoms with Crippen LogP contribution >= 0.6 is 11.6 Å². The molecule has 132 valence electrons. The van der Waals surface area contributed by atoms with Crippen LogP contribution < -0.4 is 0 Å². The maximum absolute atomic E-state index is 12.6. The lowest BCUT2D eigenvalue weighted by Gasteiger charge is -2.33. The van der Waals surface area contributed by atoms with E-state index in [1.807, 2.05) is 0 Å². The van der Waals surface area contributed by atoms with Gasteiger partial charge in [0, 0.05) is 26.2 Å². The number of carboxylic acids is 1. The van der Waals surface area contributed by atoms with Gasteiger partial charge in [0.1, 0.15) is 0 Å². The maximum Gasteiger partial charge on any atom is 0.409 e. The van der Waals surface area contributed by atoms with Crippen molar-refractivity contribution >= 4 is 33.7 Å². The number of ether oxygens (including phenoxy) is 1. The van der Waals surface area contributed by atoms with E-state index in [2.05, 4.69) is 0 Å². The average molecular weight is 377 g/mol. The summed E-state index contributed by atoms with van der Waals surface area (Å²) in [5.41, 5.74) is -0.275. The van der Waals surface area contributed by atoms with Crippen molar-refractivity contribution in [1.29, 1.82) is 0 Å². The number of sulfonamides is 1. The minimum absolute atomic E-state index is 0.0337. The molecule has 0 aliphatic carbocycles. The molecule has 1 heterocycles. The van der Waals surface area contributed by atoms with E-state index in [1.165, 1.54) is 21.3 Å². The van der Waals surface area contributed by atoms with Gasteiger partial charge in [-0.25, -0.2) is 18.0 Å². The van der Waals surface area contributed by atoms with Crippen molar-refractivity contribution in [2.45, 2.75) is 11.8 Å². The highest BCUT2D eigenvalue weighted by Crippen LogP contribution is 2.24. The molecule has 24 heavy (non-hydrogen) atoms. The molecule has 10 heteroatoms. The fourth-order valence-electron chi connectivity index (χ4n) is 2.30. The summed E-state index contributed by atoms with van der Waals surface area (Å²) in [4.78, 5) is 24.0. The highest BCUT2D eigenvalue weighted by molar-refractivity contribution is 7.89. The standard InChI is InChI=1S/C14H17ClN2O6S/c1-2-23-14(20)16-5-7-17(8-6-16)24(21,22)10-3-4-12(15)11(9-10)13(18)19/h3-4,9H,2,5-8H2,1H3,(H,18,19). The first-order chi connectivity index (χ1) is 11.3. The molecule has 1 fully saturated rings. The Kier molecular flexibility index (Phi) is 5.68. The van der Waals surface area contributed by atoms with Gasteiger partial charge in [-0.3, -0.25) is 0 Å². The smallest absolute Gasteiger partial charge is 0.409 e. The topological polar surface area (TPSA) is 104 Å². The van der Waals surface area contributed by atoms with Gasteiger partial charge in [0.05, 0.1) is 22.1 Å². The molecule has 8 nitrogen and oxygen atoms in total. The molecule has 1 aliphatic heterocycles. The summed E-state index contributed by atoms with van der Waals surface area (Å²) in [7, 11) is -3.86. The predicted molar refractivity (Wildman–Crippen MR) is 85.8 cm³/mol. The van der Waals surface area contributed by atoms with Gasteiger partial charge in [-0.1, -0.05) is 11.6 Å². The average Bonchev–Trinajstić information content (AvgIpc) is 2.55. The van der Waals surface area contributed by atoms with Crippen molar-refractivity contribution in [2.24, 2.45) is 0 Å². The van der Waals surface area contributed by atoms with Crippen LogP contribution in [0.3, 0.4) is 0 Å². The molecule has 1 aromatic carbocycles. The van der Waals surface area contributed by atoms with Crippen molar-refractivity contribution in [3.05, 3.63) is 28.8 Å². The first-order valence-corrected chi connectivity index (χ1v) is 9.04. The monoisotopic (exact) mass is 376 g/mol. The Balaban J connectivity index is 2.16. The molecule has 0 bridgehead atoms. The zero-order chi connectivity index (χ0) is 17.9. The number of carbonyl (C=O) groups is 2. The molecule has 0 unspecified atom stereocenters. The Hall–Kier alpha value is -1.84. The fourth-order valence-corrected chi connectivity index (χ4v) is 3.95. The molecule has 0 atom stereocenters. The highest BCUT2D eigenvalue weighted by Gasteiger charge is 2.31. The molecule has 0 spiro atoms. The van der Waals surface area contributed by atoms with Gasteiger partial charge >= 0.3 is 12.1 Å². The number of halogens is 1. The Morgan fingerprint density at radius 2 is 1.88 bits per heavy atom. The van der Waals surface area contributed by atoms with Crippen molar-refractivity contribution < 1.29 is 27.9 Å². The molecular weight excluding hydrogens is 360 g/mol. The van der Waals surface area contributed by atoms with E-state index in [1.54, 1.807) is 6.92 Å². The molecule has 1 aromatic rings. The number of benzene rings is 1. The van der Waals surface area contributed by atoms with Gasteiger partial charge in [-0.2, -0.15) is 4.31 Å². The van der Waals surface area contributed by atoms with Gasteiger partial charge in [0.2, 0.25) is 10.0 Å². The van der Waals surface area contributed by atoms with Crippen LogP contribution in [0.1, 0.15) is 17.3 Å². The van der Waals surface area contributed by atoms with Gasteiger partial charge < -0.3 is 14.7 Å². The van der Waals surface area contributed by atoms with E-state index >= 15 is 0 Å². The fraction of sp³-hybridized carbons (Fsp3) is 0.429. The summed E-state index contributed by atoms with van der Waals surface area (Å²) in [6.45, 7) is 2.56. The lowest BCUT2D eigenvalue weighted by Crippen LogP contribution is -2.50. The number of rotatable bonds is 4. The lowest BCUT2D eigenvalue weighted by molar-refractivity contribution is 0.0696. The molecule has 1 saturated heterocycles. The van der Waals surface area contributed by atoms with E-state index in [9.17, 15) is 18.0 Å². The molecule has 0 saturated carbocycles. The van der Waals surface area contributed by atoms with Crippen LogP contribution in [0, 0.1) is 0 Å². The lowest BCUT2D eigenvalue weighted by atomic mass is 10.2. The molecule has 1 amide bonds.